The van der Waals surface area contributed by atoms with Gasteiger partial charge in [0, 0.05) is 6.04 Å². The third-order valence-electron chi connectivity index (χ3n) is 3.94. The van der Waals surface area contributed by atoms with Crippen molar-refractivity contribution in [2.75, 3.05) is 0 Å². The number of unbranched alkanes of at least 4 members (excludes halogenated alkanes) is 2. The Kier molecular flexibility index (Phi) is 11.5. The minimum Gasteiger partial charge on any atom is -0.393 e. The number of rotatable bonds is 13. The Balaban J connectivity index is 2.35. The maximum atomic E-state index is 10.2. The van der Waals surface area contributed by atoms with E-state index in [2.05, 4.69) is 36.7 Å². The van der Waals surface area contributed by atoms with Crippen LogP contribution in [0.25, 0.3) is 0 Å². The van der Waals surface area contributed by atoms with Crippen LogP contribution in [0.5, 0.6) is 0 Å². The van der Waals surface area contributed by atoms with Gasteiger partial charge in [-0.3, -0.25) is 4.84 Å². The summed E-state index contributed by atoms with van der Waals surface area (Å²) >= 11 is 0. The summed E-state index contributed by atoms with van der Waals surface area (Å²) in [5, 5.41) is 10.2. The summed E-state index contributed by atoms with van der Waals surface area (Å²) in [5.74, 6) is 0. The van der Waals surface area contributed by atoms with Gasteiger partial charge in [0.2, 0.25) is 0 Å². The fourth-order valence-corrected chi connectivity index (χ4v) is 2.58. The van der Waals surface area contributed by atoms with Crippen molar-refractivity contribution in [1.29, 1.82) is 0 Å². The summed E-state index contributed by atoms with van der Waals surface area (Å²) in [6, 6.07) is 10.3. The van der Waals surface area contributed by atoms with Gasteiger partial charge >= 0.3 is 0 Å². The molecule has 1 aromatic rings. The lowest BCUT2D eigenvalue weighted by atomic mass is 10.0. The number of nitrogens with one attached hydrogen (secondary N) is 1. The third-order valence-corrected chi connectivity index (χ3v) is 3.94. The lowest BCUT2D eigenvalue weighted by molar-refractivity contribution is -0.0120. The highest BCUT2D eigenvalue weighted by Crippen LogP contribution is 2.13. The largest absolute Gasteiger partial charge is 0.393 e. The molecule has 23 heavy (non-hydrogen) atoms. The molecule has 2 atom stereocenters. The number of aliphatic hydroxyl groups excluding tert-OH is 1. The van der Waals surface area contributed by atoms with Crippen LogP contribution in [-0.4, -0.2) is 17.3 Å². The highest BCUT2D eigenvalue weighted by Gasteiger charge is 2.14. The summed E-state index contributed by atoms with van der Waals surface area (Å²) in [6.07, 6.45) is 11.1. The van der Waals surface area contributed by atoms with E-state index >= 15 is 0 Å². The molecule has 0 aromatic heterocycles. The van der Waals surface area contributed by atoms with Crippen molar-refractivity contribution in [3.8, 4) is 0 Å². The summed E-state index contributed by atoms with van der Waals surface area (Å²) in [7, 11) is 0. The second kappa shape index (κ2) is 13.3. The zero-order chi connectivity index (χ0) is 16.8. The lowest BCUT2D eigenvalue weighted by Crippen LogP contribution is -2.33. The molecule has 0 aliphatic carbocycles. The standard InChI is InChI=1S/C20H33NO2/c1-3-5-7-11-14-19(16-20(22)15-6-4-2)21-23-17-18-12-9-8-10-13-18/h3,5,8-10,12-13,19-22H,4,6-7,11,14-17H2,1-2H3/b5-3-/t19-,20+/m1/s1. The highest BCUT2D eigenvalue weighted by molar-refractivity contribution is 5.13. The van der Waals surface area contributed by atoms with Gasteiger partial charge in [0.05, 0.1) is 12.7 Å². The SMILES string of the molecule is C/C=C\CCC[C@H](C[C@@H](O)CCCC)NOCc1ccccc1. The van der Waals surface area contributed by atoms with Gasteiger partial charge in [0.1, 0.15) is 0 Å². The number of allylic oxidation sites excluding steroid dienone is 2. The number of aliphatic hydroxyl groups is 1. The molecule has 0 aliphatic rings. The Bertz CT molecular complexity index is 405. The van der Waals surface area contributed by atoms with E-state index in [4.69, 9.17) is 4.84 Å². The molecule has 0 amide bonds. The maximum Gasteiger partial charge on any atom is 0.0933 e. The lowest BCUT2D eigenvalue weighted by Gasteiger charge is -2.21. The number of benzene rings is 1. The van der Waals surface area contributed by atoms with E-state index in [1.54, 1.807) is 0 Å². The van der Waals surface area contributed by atoms with Gasteiger partial charge in [-0.15, -0.1) is 0 Å². The van der Waals surface area contributed by atoms with Crippen LogP contribution in [0.4, 0.5) is 0 Å². The zero-order valence-electron chi connectivity index (χ0n) is 14.7. The van der Waals surface area contributed by atoms with E-state index < -0.39 is 0 Å². The molecule has 130 valence electrons. The van der Waals surface area contributed by atoms with E-state index in [9.17, 15) is 5.11 Å². The number of hydroxylamine groups is 1. The smallest absolute Gasteiger partial charge is 0.0933 e. The van der Waals surface area contributed by atoms with Gasteiger partial charge < -0.3 is 5.11 Å². The van der Waals surface area contributed by atoms with E-state index in [1.807, 2.05) is 25.1 Å². The van der Waals surface area contributed by atoms with E-state index in [0.717, 1.165) is 50.5 Å². The van der Waals surface area contributed by atoms with Crippen LogP contribution in [0.1, 0.15) is 64.4 Å². The molecule has 0 radical (unpaired) electrons. The van der Waals surface area contributed by atoms with Crippen molar-refractivity contribution in [1.82, 2.24) is 5.48 Å². The Morgan fingerprint density at radius 2 is 1.96 bits per heavy atom. The van der Waals surface area contributed by atoms with Crippen LogP contribution in [0.15, 0.2) is 42.5 Å². The second-order valence-corrected chi connectivity index (χ2v) is 6.12. The summed E-state index contributed by atoms with van der Waals surface area (Å²) < 4.78 is 0. The number of hydrogen-bond acceptors (Lipinski definition) is 3. The first-order valence-electron chi connectivity index (χ1n) is 8.96. The van der Waals surface area contributed by atoms with Crippen molar-refractivity contribution in [2.24, 2.45) is 0 Å². The van der Waals surface area contributed by atoms with Crippen LogP contribution < -0.4 is 5.48 Å². The average Bonchev–Trinajstić information content (AvgIpc) is 2.57. The van der Waals surface area contributed by atoms with Crippen LogP contribution in [-0.2, 0) is 11.4 Å². The van der Waals surface area contributed by atoms with Gasteiger partial charge in [0.15, 0.2) is 0 Å². The molecular weight excluding hydrogens is 286 g/mol. The fraction of sp³-hybridized carbons (Fsp3) is 0.600. The Labute approximate surface area is 141 Å². The second-order valence-electron chi connectivity index (χ2n) is 6.12. The molecule has 0 aliphatic heterocycles. The Hall–Kier alpha value is -1.16. The first-order chi connectivity index (χ1) is 11.3. The van der Waals surface area contributed by atoms with Crippen LogP contribution in [0.3, 0.4) is 0 Å². The van der Waals surface area contributed by atoms with Gasteiger partial charge in [-0.05, 0) is 44.6 Å². The molecule has 3 nitrogen and oxygen atoms in total. The molecule has 1 rings (SSSR count). The first-order valence-corrected chi connectivity index (χ1v) is 8.96. The number of hydrogen-bond donors (Lipinski definition) is 2. The van der Waals surface area contributed by atoms with Crippen molar-refractivity contribution in [2.45, 2.75) is 77.5 Å². The minimum atomic E-state index is -0.241. The summed E-state index contributed by atoms with van der Waals surface area (Å²) in [6.45, 7) is 4.76. The van der Waals surface area contributed by atoms with Crippen LogP contribution >= 0.6 is 0 Å². The molecule has 0 saturated carbocycles. The molecule has 2 N–H and O–H groups in total. The first kappa shape index (κ1) is 19.9. The summed E-state index contributed by atoms with van der Waals surface area (Å²) in [4.78, 5) is 5.67. The van der Waals surface area contributed by atoms with Crippen LogP contribution in [0.2, 0.25) is 0 Å². The topological polar surface area (TPSA) is 41.5 Å². The highest BCUT2D eigenvalue weighted by atomic mass is 16.6. The van der Waals surface area contributed by atoms with E-state index in [1.165, 1.54) is 0 Å². The monoisotopic (exact) mass is 319 g/mol. The molecule has 1 aromatic carbocycles. The molecule has 0 bridgehead atoms. The van der Waals surface area contributed by atoms with Crippen molar-refractivity contribution < 1.29 is 9.94 Å². The molecule has 0 unspecified atom stereocenters. The predicted octanol–water partition coefficient (Wildman–Crippen LogP) is 4.76. The Morgan fingerprint density at radius 1 is 1.17 bits per heavy atom. The molecule has 3 heteroatoms. The summed E-state index contributed by atoms with van der Waals surface area (Å²) in [5.41, 5.74) is 4.32. The normalized spacial score (nSPS) is 14.2. The van der Waals surface area contributed by atoms with Gasteiger partial charge in [-0.2, -0.15) is 5.48 Å². The molecule has 0 heterocycles. The van der Waals surface area contributed by atoms with Gasteiger partial charge in [0.25, 0.3) is 0 Å². The average molecular weight is 319 g/mol. The molecule has 0 saturated heterocycles. The van der Waals surface area contributed by atoms with Gasteiger partial charge in [-0.1, -0.05) is 62.2 Å². The van der Waals surface area contributed by atoms with Crippen molar-refractivity contribution in [3.05, 3.63) is 48.0 Å². The van der Waals surface area contributed by atoms with E-state index in [0.29, 0.717) is 6.61 Å². The van der Waals surface area contributed by atoms with E-state index in [-0.39, 0.29) is 12.1 Å². The predicted molar refractivity (Wildman–Crippen MR) is 97.0 cm³/mol. The third kappa shape index (κ3) is 10.3. The minimum absolute atomic E-state index is 0.204. The fourth-order valence-electron chi connectivity index (χ4n) is 2.58. The zero-order valence-corrected chi connectivity index (χ0v) is 14.7. The van der Waals surface area contributed by atoms with Crippen molar-refractivity contribution >= 4 is 0 Å². The molecular formula is C20H33NO2. The quantitative estimate of drug-likeness (QED) is 0.313. The Morgan fingerprint density at radius 3 is 2.65 bits per heavy atom. The molecule has 0 fully saturated rings. The van der Waals surface area contributed by atoms with Gasteiger partial charge in [-0.25, -0.2) is 0 Å². The maximum absolute atomic E-state index is 10.2. The van der Waals surface area contributed by atoms with Crippen molar-refractivity contribution in [3.63, 3.8) is 0 Å². The molecule has 0 spiro atoms. The van der Waals surface area contributed by atoms with Crippen LogP contribution in [0, 0.1) is 0 Å².